The molecule has 30 heavy (non-hydrogen) atoms. The van der Waals surface area contributed by atoms with E-state index in [1.165, 1.54) is 6.26 Å². The first-order valence-electron chi connectivity index (χ1n) is 9.74. The fourth-order valence-electron chi connectivity index (χ4n) is 2.97. The number of guanidine groups is 1. The summed E-state index contributed by atoms with van der Waals surface area (Å²) in [4.78, 5) is 16.3. The van der Waals surface area contributed by atoms with Crippen LogP contribution in [-0.4, -0.2) is 53.0 Å². The monoisotopic (exact) mass is 554 g/mol. The Bertz CT molecular complexity index is 813. The van der Waals surface area contributed by atoms with Crippen LogP contribution >= 0.6 is 24.0 Å². The van der Waals surface area contributed by atoms with Gasteiger partial charge in [0.2, 0.25) is 0 Å². The van der Waals surface area contributed by atoms with Crippen LogP contribution in [0.15, 0.2) is 28.1 Å². The van der Waals surface area contributed by atoms with Crippen molar-refractivity contribution in [3.8, 4) is 0 Å². The second-order valence-corrected chi connectivity index (χ2v) is 9.35. The zero-order valence-corrected chi connectivity index (χ0v) is 21.8. The summed E-state index contributed by atoms with van der Waals surface area (Å²) in [5.74, 6) is 1.00. The molecular formula is C20H35IN4O4S. The van der Waals surface area contributed by atoms with Gasteiger partial charge in [0, 0.05) is 32.4 Å². The van der Waals surface area contributed by atoms with Crippen LogP contribution in [0.3, 0.4) is 0 Å². The highest BCUT2D eigenvalue weighted by Gasteiger charge is 2.15. The van der Waals surface area contributed by atoms with E-state index >= 15 is 0 Å². The molecule has 0 saturated heterocycles. The number of aryl methyl sites for hydroxylation is 1. The summed E-state index contributed by atoms with van der Waals surface area (Å²) in [5, 5.41) is 9.29. The number of sulfone groups is 1. The molecule has 0 fully saturated rings. The topological polar surface area (TPSA) is 109 Å². The minimum Gasteiger partial charge on any atom is -0.450 e. The number of amides is 1. The number of halogens is 1. The number of carbonyl (C=O) groups is 1. The maximum atomic E-state index is 11.7. The third kappa shape index (κ3) is 10.5. The number of ether oxygens (including phenoxy) is 1. The molecule has 1 aromatic carbocycles. The number of carbonyl (C=O) groups excluding carboxylic acids is 1. The van der Waals surface area contributed by atoms with Gasteiger partial charge in [-0.05, 0) is 43.4 Å². The molecule has 0 aliphatic heterocycles. The first-order valence-corrected chi connectivity index (χ1v) is 11.6. The number of rotatable bonds is 9. The molecule has 0 heterocycles. The molecule has 8 nitrogen and oxygen atoms in total. The summed E-state index contributed by atoms with van der Waals surface area (Å²) >= 11 is 0. The number of nitrogens with one attached hydrogen (secondary N) is 3. The highest BCUT2D eigenvalue weighted by molar-refractivity contribution is 14.0. The van der Waals surface area contributed by atoms with Gasteiger partial charge in [-0.15, -0.1) is 24.0 Å². The minimum absolute atomic E-state index is 0. The zero-order valence-electron chi connectivity index (χ0n) is 18.6. The first-order chi connectivity index (χ1) is 13.6. The SMILES string of the molecule is CCOC(=O)NC(CNC(=NC)NCc1ccc(S(C)(=O)=O)c(C)c1)CC(C)C.I. The van der Waals surface area contributed by atoms with Gasteiger partial charge in [-0.2, -0.15) is 0 Å². The molecule has 0 aliphatic rings. The van der Waals surface area contributed by atoms with Gasteiger partial charge in [0.05, 0.1) is 11.5 Å². The number of hydrogen-bond donors (Lipinski definition) is 3. The standard InChI is InChI=1S/C20H34N4O4S.HI/c1-7-28-20(25)24-17(10-14(2)3)13-23-19(21-5)22-12-16-8-9-18(15(4)11-16)29(6,26)27;/h8-9,11,14,17H,7,10,12-13H2,1-6H3,(H,24,25)(H2,21,22,23);1H. The second kappa shape index (κ2) is 13.7. The van der Waals surface area contributed by atoms with E-state index in [0.717, 1.165) is 12.0 Å². The summed E-state index contributed by atoms with van der Waals surface area (Å²) in [6, 6.07) is 5.16. The Hall–Kier alpha value is -1.56. The summed E-state index contributed by atoms with van der Waals surface area (Å²) in [5.41, 5.74) is 1.66. The van der Waals surface area contributed by atoms with E-state index in [9.17, 15) is 13.2 Å². The molecule has 0 spiro atoms. The molecule has 10 heteroatoms. The predicted molar refractivity (Wildman–Crippen MR) is 131 cm³/mol. The highest BCUT2D eigenvalue weighted by atomic mass is 127. The number of aliphatic imine (C=N–C) groups is 1. The molecule has 1 unspecified atom stereocenters. The Morgan fingerprint density at radius 3 is 2.40 bits per heavy atom. The van der Waals surface area contributed by atoms with E-state index in [4.69, 9.17) is 4.74 Å². The summed E-state index contributed by atoms with van der Waals surface area (Å²) in [7, 11) is -1.56. The predicted octanol–water partition coefficient (Wildman–Crippen LogP) is 2.84. The minimum atomic E-state index is -3.23. The number of nitrogens with zero attached hydrogens (tertiary/aromatic N) is 1. The summed E-state index contributed by atoms with van der Waals surface area (Å²) < 4.78 is 28.4. The summed E-state index contributed by atoms with van der Waals surface area (Å²) in [6.45, 7) is 9.06. The third-order valence-corrected chi connectivity index (χ3v) is 5.45. The van der Waals surface area contributed by atoms with Crippen molar-refractivity contribution in [3.63, 3.8) is 0 Å². The first kappa shape index (κ1) is 28.4. The molecule has 0 bridgehead atoms. The average molecular weight is 554 g/mol. The van der Waals surface area contributed by atoms with Gasteiger partial charge in [-0.25, -0.2) is 13.2 Å². The molecule has 0 aliphatic carbocycles. The van der Waals surface area contributed by atoms with Gasteiger partial charge < -0.3 is 20.7 Å². The zero-order chi connectivity index (χ0) is 22.0. The van der Waals surface area contributed by atoms with E-state index in [0.29, 0.717) is 42.0 Å². The average Bonchev–Trinajstić information content (AvgIpc) is 2.60. The Morgan fingerprint density at radius 2 is 1.90 bits per heavy atom. The molecule has 0 radical (unpaired) electrons. The van der Waals surface area contributed by atoms with Gasteiger partial charge in [-0.1, -0.05) is 26.0 Å². The molecule has 1 aromatic rings. The number of alkyl carbamates (subject to hydrolysis) is 1. The maximum absolute atomic E-state index is 11.7. The van der Waals surface area contributed by atoms with Gasteiger partial charge in [0.15, 0.2) is 15.8 Å². The number of benzene rings is 1. The Labute approximate surface area is 197 Å². The molecule has 1 rings (SSSR count). The Balaban J connectivity index is 0.00000841. The van der Waals surface area contributed by atoms with Gasteiger partial charge >= 0.3 is 6.09 Å². The Morgan fingerprint density at radius 1 is 1.23 bits per heavy atom. The second-order valence-electron chi connectivity index (χ2n) is 7.37. The van der Waals surface area contributed by atoms with E-state index in [2.05, 4.69) is 34.8 Å². The fraction of sp³-hybridized carbons (Fsp3) is 0.600. The van der Waals surface area contributed by atoms with E-state index in [1.54, 1.807) is 33.0 Å². The van der Waals surface area contributed by atoms with Crippen LogP contribution in [0.5, 0.6) is 0 Å². The maximum Gasteiger partial charge on any atom is 0.407 e. The van der Waals surface area contributed by atoms with Gasteiger partial charge in [0.1, 0.15) is 0 Å². The van der Waals surface area contributed by atoms with Crippen molar-refractivity contribution in [2.45, 2.75) is 51.6 Å². The van der Waals surface area contributed by atoms with Crippen LogP contribution in [-0.2, 0) is 21.1 Å². The van der Waals surface area contributed by atoms with Crippen LogP contribution in [0.2, 0.25) is 0 Å². The lowest BCUT2D eigenvalue weighted by atomic mass is 10.0. The largest absolute Gasteiger partial charge is 0.450 e. The van der Waals surface area contributed by atoms with E-state index in [-0.39, 0.29) is 30.0 Å². The Kier molecular flexibility index (Phi) is 13.0. The van der Waals surface area contributed by atoms with Crippen molar-refractivity contribution < 1.29 is 17.9 Å². The van der Waals surface area contributed by atoms with Gasteiger partial charge in [0.25, 0.3) is 0 Å². The molecule has 3 N–H and O–H groups in total. The lowest BCUT2D eigenvalue weighted by Crippen LogP contribution is -2.47. The van der Waals surface area contributed by atoms with Crippen LogP contribution in [0.1, 0.15) is 38.3 Å². The molecule has 172 valence electrons. The molecule has 0 saturated carbocycles. The van der Waals surface area contributed by atoms with E-state index < -0.39 is 15.9 Å². The van der Waals surface area contributed by atoms with Crippen molar-refractivity contribution in [1.29, 1.82) is 0 Å². The number of hydrogen-bond acceptors (Lipinski definition) is 5. The smallest absolute Gasteiger partial charge is 0.407 e. The van der Waals surface area contributed by atoms with Crippen LogP contribution in [0, 0.1) is 12.8 Å². The van der Waals surface area contributed by atoms with Crippen molar-refractivity contribution >= 4 is 45.9 Å². The molecule has 1 atom stereocenters. The van der Waals surface area contributed by atoms with Crippen LogP contribution < -0.4 is 16.0 Å². The van der Waals surface area contributed by atoms with Gasteiger partial charge in [-0.3, -0.25) is 4.99 Å². The third-order valence-electron chi connectivity index (χ3n) is 4.19. The highest BCUT2D eigenvalue weighted by Crippen LogP contribution is 2.16. The van der Waals surface area contributed by atoms with Crippen molar-refractivity contribution in [3.05, 3.63) is 29.3 Å². The van der Waals surface area contributed by atoms with Crippen LogP contribution in [0.4, 0.5) is 4.79 Å². The summed E-state index contributed by atoms with van der Waals surface area (Å²) in [6.07, 6.45) is 1.58. The van der Waals surface area contributed by atoms with E-state index in [1.807, 2.05) is 6.07 Å². The van der Waals surface area contributed by atoms with Crippen molar-refractivity contribution in [2.75, 3.05) is 26.5 Å². The van der Waals surface area contributed by atoms with Crippen LogP contribution in [0.25, 0.3) is 0 Å². The lowest BCUT2D eigenvalue weighted by molar-refractivity contribution is 0.146. The molecule has 0 aromatic heterocycles. The normalized spacial score (nSPS) is 12.7. The quantitative estimate of drug-likeness (QED) is 0.246. The van der Waals surface area contributed by atoms with Crippen molar-refractivity contribution in [2.24, 2.45) is 10.9 Å². The lowest BCUT2D eigenvalue weighted by Gasteiger charge is -2.22. The van der Waals surface area contributed by atoms with Crippen molar-refractivity contribution in [1.82, 2.24) is 16.0 Å². The molecule has 1 amide bonds. The molecular weight excluding hydrogens is 519 g/mol. The fourth-order valence-corrected chi connectivity index (χ4v) is 3.92.